The molecule has 2 aromatic rings. The quantitative estimate of drug-likeness (QED) is 0.946. The number of hydrogen-bond acceptors (Lipinski definition) is 4. The highest BCUT2D eigenvalue weighted by molar-refractivity contribution is 7.09. The van der Waals surface area contributed by atoms with Crippen molar-refractivity contribution in [3.8, 4) is 0 Å². The van der Waals surface area contributed by atoms with Gasteiger partial charge in [0.05, 0.1) is 17.2 Å². The number of rotatable bonds is 3. The number of benzene rings is 1. The third kappa shape index (κ3) is 3.57. The number of amides is 2. The SMILES string of the molecule is Cc1nc(CNC(=O)N2CCN(c3ccccc3)CC2)cs1. The molecule has 1 saturated heterocycles. The van der Waals surface area contributed by atoms with Crippen molar-refractivity contribution in [3.63, 3.8) is 0 Å². The molecule has 1 aromatic heterocycles. The summed E-state index contributed by atoms with van der Waals surface area (Å²) in [5.41, 5.74) is 2.15. The summed E-state index contributed by atoms with van der Waals surface area (Å²) < 4.78 is 0. The normalized spacial score (nSPS) is 15.0. The van der Waals surface area contributed by atoms with Gasteiger partial charge in [0.1, 0.15) is 0 Å². The Morgan fingerprint density at radius 1 is 1.23 bits per heavy atom. The van der Waals surface area contributed by atoms with Crippen LogP contribution >= 0.6 is 11.3 Å². The number of thiazole rings is 1. The molecule has 0 saturated carbocycles. The maximum atomic E-state index is 12.2. The molecule has 0 unspecified atom stereocenters. The molecule has 1 aliphatic rings. The van der Waals surface area contributed by atoms with E-state index in [1.54, 1.807) is 11.3 Å². The summed E-state index contributed by atoms with van der Waals surface area (Å²) in [6.07, 6.45) is 0. The fourth-order valence-corrected chi connectivity index (χ4v) is 3.19. The molecular formula is C16H20N4OS. The summed E-state index contributed by atoms with van der Waals surface area (Å²) in [5, 5.41) is 5.97. The molecule has 1 aromatic carbocycles. The van der Waals surface area contributed by atoms with Crippen LogP contribution in [0.25, 0.3) is 0 Å². The Morgan fingerprint density at radius 3 is 2.59 bits per heavy atom. The zero-order valence-electron chi connectivity index (χ0n) is 12.7. The van der Waals surface area contributed by atoms with Gasteiger partial charge in [0.15, 0.2) is 0 Å². The number of aromatic nitrogens is 1. The number of aryl methyl sites for hydroxylation is 1. The van der Waals surface area contributed by atoms with Crippen molar-refractivity contribution in [1.82, 2.24) is 15.2 Å². The molecule has 0 bridgehead atoms. The van der Waals surface area contributed by atoms with E-state index in [2.05, 4.69) is 27.3 Å². The zero-order chi connectivity index (χ0) is 15.4. The zero-order valence-corrected chi connectivity index (χ0v) is 13.5. The average molecular weight is 316 g/mol. The first-order chi connectivity index (χ1) is 10.7. The van der Waals surface area contributed by atoms with Crippen LogP contribution in [0.2, 0.25) is 0 Å². The van der Waals surface area contributed by atoms with Crippen LogP contribution in [0.5, 0.6) is 0 Å². The molecule has 2 heterocycles. The van der Waals surface area contributed by atoms with Crippen LogP contribution in [-0.4, -0.2) is 42.1 Å². The number of urea groups is 1. The minimum atomic E-state index is -0.00151. The predicted molar refractivity (Wildman–Crippen MR) is 89.3 cm³/mol. The largest absolute Gasteiger partial charge is 0.368 e. The molecule has 1 N–H and O–H groups in total. The number of hydrogen-bond donors (Lipinski definition) is 1. The van der Waals surface area contributed by atoms with Gasteiger partial charge in [0, 0.05) is 37.2 Å². The first kappa shape index (κ1) is 14.8. The lowest BCUT2D eigenvalue weighted by molar-refractivity contribution is 0.194. The van der Waals surface area contributed by atoms with Crippen LogP contribution in [0, 0.1) is 6.92 Å². The Labute approximate surface area is 134 Å². The molecule has 1 aliphatic heterocycles. The Kier molecular flexibility index (Phi) is 4.58. The van der Waals surface area contributed by atoms with Crippen LogP contribution < -0.4 is 10.2 Å². The number of piperazine rings is 1. The van der Waals surface area contributed by atoms with Gasteiger partial charge < -0.3 is 15.1 Å². The maximum Gasteiger partial charge on any atom is 0.317 e. The molecule has 0 spiro atoms. The maximum absolute atomic E-state index is 12.2. The first-order valence-corrected chi connectivity index (χ1v) is 8.34. The minimum absolute atomic E-state index is 0.00151. The lowest BCUT2D eigenvalue weighted by atomic mass is 10.2. The summed E-state index contributed by atoms with van der Waals surface area (Å²) in [5.74, 6) is 0. The molecule has 116 valence electrons. The highest BCUT2D eigenvalue weighted by Crippen LogP contribution is 2.15. The van der Waals surface area contributed by atoms with Crippen LogP contribution in [-0.2, 0) is 6.54 Å². The first-order valence-electron chi connectivity index (χ1n) is 7.46. The van der Waals surface area contributed by atoms with Crippen molar-refractivity contribution in [3.05, 3.63) is 46.4 Å². The van der Waals surface area contributed by atoms with Gasteiger partial charge in [-0.2, -0.15) is 0 Å². The van der Waals surface area contributed by atoms with Gasteiger partial charge >= 0.3 is 6.03 Å². The van der Waals surface area contributed by atoms with E-state index in [0.717, 1.165) is 36.9 Å². The molecule has 6 heteroatoms. The molecule has 1 fully saturated rings. The molecule has 0 atom stereocenters. The summed E-state index contributed by atoms with van der Waals surface area (Å²) in [6.45, 7) is 5.70. The average Bonchev–Trinajstić information content (AvgIpc) is 2.99. The third-order valence-electron chi connectivity index (χ3n) is 3.78. The number of anilines is 1. The van der Waals surface area contributed by atoms with Crippen LogP contribution in [0.4, 0.5) is 10.5 Å². The van der Waals surface area contributed by atoms with E-state index in [9.17, 15) is 4.79 Å². The van der Waals surface area contributed by atoms with E-state index in [4.69, 9.17) is 0 Å². The fourth-order valence-electron chi connectivity index (χ4n) is 2.57. The van der Waals surface area contributed by atoms with E-state index < -0.39 is 0 Å². The van der Waals surface area contributed by atoms with Crippen molar-refractivity contribution in [1.29, 1.82) is 0 Å². The van der Waals surface area contributed by atoms with Gasteiger partial charge in [-0.3, -0.25) is 0 Å². The number of para-hydroxylation sites is 1. The Bertz CT molecular complexity index is 620. The van der Waals surface area contributed by atoms with E-state index in [1.807, 2.05) is 35.4 Å². The van der Waals surface area contributed by atoms with Gasteiger partial charge in [-0.05, 0) is 19.1 Å². The summed E-state index contributed by atoms with van der Waals surface area (Å²) in [6, 6.07) is 10.3. The second kappa shape index (κ2) is 6.79. The molecule has 0 radical (unpaired) electrons. The molecular weight excluding hydrogens is 296 g/mol. The number of carbonyl (C=O) groups is 1. The summed E-state index contributed by atoms with van der Waals surface area (Å²) in [7, 11) is 0. The minimum Gasteiger partial charge on any atom is -0.368 e. The predicted octanol–water partition coefficient (Wildman–Crippen LogP) is 2.48. The molecule has 5 nitrogen and oxygen atoms in total. The number of nitrogens with zero attached hydrogens (tertiary/aromatic N) is 3. The number of nitrogens with one attached hydrogen (secondary N) is 1. The van der Waals surface area contributed by atoms with Crippen LogP contribution in [0.1, 0.15) is 10.7 Å². The Morgan fingerprint density at radius 2 is 1.95 bits per heavy atom. The lowest BCUT2D eigenvalue weighted by Gasteiger charge is -2.36. The van der Waals surface area contributed by atoms with Crippen molar-refractivity contribution in [2.45, 2.75) is 13.5 Å². The molecule has 2 amide bonds. The van der Waals surface area contributed by atoms with Crippen molar-refractivity contribution < 1.29 is 4.79 Å². The molecule has 22 heavy (non-hydrogen) atoms. The third-order valence-corrected chi connectivity index (χ3v) is 4.60. The Balaban J connectivity index is 1.47. The summed E-state index contributed by atoms with van der Waals surface area (Å²) in [4.78, 5) is 20.7. The smallest absolute Gasteiger partial charge is 0.317 e. The van der Waals surface area contributed by atoms with Gasteiger partial charge in [-0.25, -0.2) is 9.78 Å². The van der Waals surface area contributed by atoms with Crippen LogP contribution in [0.3, 0.4) is 0 Å². The van der Waals surface area contributed by atoms with Crippen molar-refractivity contribution in [2.24, 2.45) is 0 Å². The van der Waals surface area contributed by atoms with Gasteiger partial charge in [-0.1, -0.05) is 18.2 Å². The van der Waals surface area contributed by atoms with Gasteiger partial charge in [-0.15, -0.1) is 11.3 Å². The van der Waals surface area contributed by atoms with Crippen molar-refractivity contribution >= 4 is 23.1 Å². The second-order valence-corrected chi connectivity index (χ2v) is 6.39. The highest BCUT2D eigenvalue weighted by atomic mass is 32.1. The monoisotopic (exact) mass is 316 g/mol. The Hall–Kier alpha value is -2.08. The topological polar surface area (TPSA) is 48.5 Å². The van der Waals surface area contributed by atoms with E-state index in [1.165, 1.54) is 5.69 Å². The van der Waals surface area contributed by atoms with Crippen LogP contribution in [0.15, 0.2) is 35.7 Å². The standard InChI is InChI=1S/C16H20N4OS/c1-13-18-14(12-22-13)11-17-16(21)20-9-7-19(8-10-20)15-5-3-2-4-6-15/h2-6,12H,7-11H2,1H3,(H,17,21). The second-order valence-electron chi connectivity index (χ2n) is 5.33. The molecule has 0 aliphatic carbocycles. The van der Waals surface area contributed by atoms with E-state index >= 15 is 0 Å². The van der Waals surface area contributed by atoms with E-state index in [-0.39, 0.29) is 6.03 Å². The van der Waals surface area contributed by atoms with Gasteiger partial charge in [0.2, 0.25) is 0 Å². The highest BCUT2D eigenvalue weighted by Gasteiger charge is 2.21. The molecule has 3 rings (SSSR count). The van der Waals surface area contributed by atoms with Crippen molar-refractivity contribution in [2.75, 3.05) is 31.1 Å². The van der Waals surface area contributed by atoms with Gasteiger partial charge in [0.25, 0.3) is 0 Å². The van der Waals surface area contributed by atoms with E-state index in [0.29, 0.717) is 6.54 Å². The summed E-state index contributed by atoms with van der Waals surface area (Å²) >= 11 is 1.61. The lowest BCUT2D eigenvalue weighted by Crippen LogP contribution is -2.51. The fraction of sp³-hybridized carbons (Fsp3) is 0.375. The number of carbonyl (C=O) groups excluding carboxylic acids is 1.